The second-order valence-corrected chi connectivity index (χ2v) is 9.15. The van der Waals surface area contributed by atoms with E-state index in [2.05, 4.69) is 0 Å². The van der Waals surface area contributed by atoms with Gasteiger partial charge in [-0.05, 0) is 66.1 Å². The molecule has 2 fully saturated rings. The molecule has 0 unspecified atom stereocenters. The van der Waals surface area contributed by atoms with Gasteiger partial charge in [-0.15, -0.1) is 0 Å². The van der Waals surface area contributed by atoms with Gasteiger partial charge in [-0.1, -0.05) is 0 Å². The van der Waals surface area contributed by atoms with Crippen LogP contribution in [0.25, 0.3) is 0 Å². The van der Waals surface area contributed by atoms with Crippen molar-refractivity contribution in [3.8, 4) is 5.75 Å². The van der Waals surface area contributed by atoms with Gasteiger partial charge in [0.1, 0.15) is 11.4 Å². The van der Waals surface area contributed by atoms with E-state index in [4.69, 9.17) is 29.7 Å². The van der Waals surface area contributed by atoms with Gasteiger partial charge in [-0.3, -0.25) is 0 Å². The standard InChI is InChI=1S/C22H35BN2O5/c1-20(2,3)28-19(26)25-11-9-24(10-12-25)17-13-16(14-18(15-17)27-8)23-29-21(4,5)22(6,7)30-23/h13-15H,9-12H2,1-8H3/i9D2,10D2,11D2,12D2. The van der Waals surface area contributed by atoms with E-state index in [1.807, 2.05) is 27.7 Å². The first kappa shape index (κ1) is 14.2. The van der Waals surface area contributed by atoms with E-state index in [9.17, 15) is 4.79 Å². The molecule has 0 spiro atoms. The average Bonchev–Trinajstić information content (AvgIpc) is 2.91. The lowest BCUT2D eigenvalue weighted by atomic mass is 9.78. The van der Waals surface area contributed by atoms with E-state index in [1.165, 1.54) is 40.0 Å². The van der Waals surface area contributed by atoms with Crippen LogP contribution in [-0.2, 0) is 14.0 Å². The van der Waals surface area contributed by atoms with Gasteiger partial charge >= 0.3 is 13.2 Å². The fourth-order valence-corrected chi connectivity index (χ4v) is 2.75. The summed E-state index contributed by atoms with van der Waals surface area (Å²) in [4.78, 5) is 13.1. The van der Waals surface area contributed by atoms with Gasteiger partial charge in [0.2, 0.25) is 0 Å². The lowest BCUT2D eigenvalue weighted by molar-refractivity contribution is 0.00578. The Labute approximate surface area is 192 Å². The average molecular weight is 426 g/mol. The maximum atomic E-state index is 12.9. The predicted molar refractivity (Wildman–Crippen MR) is 119 cm³/mol. The van der Waals surface area contributed by atoms with E-state index in [-0.39, 0.29) is 16.3 Å². The van der Waals surface area contributed by atoms with Crippen molar-refractivity contribution in [2.75, 3.05) is 38.0 Å². The second kappa shape index (κ2) is 7.96. The monoisotopic (exact) mass is 426 g/mol. The van der Waals surface area contributed by atoms with Gasteiger partial charge in [0.05, 0.1) is 29.3 Å². The minimum atomic E-state index is -3.39. The summed E-state index contributed by atoms with van der Waals surface area (Å²) < 4.78 is 91.6. The topological polar surface area (TPSA) is 60.5 Å². The number of hydrogen-bond acceptors (Lipinski definition) is 6. The molecule has 2 aliphatic heterocycles. The first-order chi connectivity index (χ1) is 16.8. The Balaban J connectivity index is 2.20. The first-order valence-electron chi connectivity index (χ1n) is 13.7. The Kier molecular flexibility index (Phi) is 3.77. The van der Waals surface area contributed by atoms with E-state index in [1.54, 1.807) is 6.07 Å². The minimum Gasteiger partial charge on any atom is -0.497 e. The molecular weight excluding hydrogens is 383 g/mol. The molecule has 7 nitrogen and oxygen atoms in total. The maximum absolute atomic E-state index is 12.9. The molecule has 166 valence electrons. The van der Waals surface area contributed by atoms with Gasteiger partial charge in [0.15, 0.2) is 0 Å². The summed E-state index contributed by atoms with van der Waals surface area (Å²) in [5, 5.41) is 0. The van der Waals surface area contributed by atoms with Crippen molar-refractivity contribution >= 4 is 24.4 Å². The zero-order chi connectivity index (χ0) is 29.5. The smallest absolute Gasteiger partial charge is 0.495 e. The zero-order valence-electron chi connectivity index (χ0n) is 26.7. The Hall–Kier alpha value is -1.93. The molecule has 2 saturated heterocycles. The van der Waals surface area contributed by atoms with E-state index in [0.717, 1.165) is 0 Å². The highest BCUT2D eigenvalue weighted by Crippen LogP contribution is 2.37. The van der Waals surface area contributed by atoms with Gasteiger partial charge in [0, 0.05) is 37.7 Å². The third kappa shape index (κ3) is 4.86. The molecule has 2 heterocycles. The summed E-state index contributed by atoms with van der Waals surface area (Å²) in [6, 6.07) is 4.13. The number of ether oxygens (including phenoxy) is 2. The quantitative estimate of drug-likeness (QED) is 0.693. The number of anilines is 1. The lowest BCUT2D eigenvalue weighted by Crippen LogP contribution is -2.50. The number of methoxy groups -OCH3 is 1. The SMILES string of the molecule is [2H]C1([2H])N(C(=O)OC(C)(C)C)C([2H])([2H])C([2H])([2H])N(c2cc(OC)cc(B3OC(C)(C)C(C)(C)O3)c2)C1([2H])[2H]. The number of carbonyl (C=O) groups excluding carboxylic acids is 1. The zero-order valence-corrected chi connectivity index (χ0v) is 18.7. The van der Waals surface area contributed by atoms with Gasteiger partial charge in [-0.2, -0.15) is 0 Å². The molecule has 1 aromatic rings. The van der Waals surface area contributed by atoms with Crippen LogP contribution in [-0.4, -0.2) is 68.0 Å². The van der Waals surface area contributed by atoms with Crippen molar-refractivity contribution in [1.29, 1.82) is 0 Å². The summed E-state index contributed by atoms with van der Waals surface area (Å²) in [6.45, 7) is -1.59. The summed E-state index contributed by atoms with van der Waals surface area (Å²) in [5.74, 6) is 0.148. The number of nitrogens with zero attached hydrogens (tertiary/aromatic N) is 2. The second-order valence-electron chi connectivity index (χ2n) is 9.15. The van der Waals surface area contributed by atoms with Crippen LogP contribution in [0.4, 0.5) is 10.5 Å². The van der Waals surface area contributed by atoms with Crippen molar-refractivity contribution in [3.05, 3.63) is 18.2 Å². The number of amides is 1. The molecule has 0 saturated carbocycles. The highest BCUT2D eigenvalue weighted by Gasteiger charge is 2.51. The van der Waals surface area contributed by atoms with Crippen LogP contribution in [0.5, 0.6) is 5.75 Å². The molecule has 0 atom stereocenters. The first-order valence-corrected chi connectivity index (χ1v) is 9.72. The van der Waals surface area contributed by atoms with E-state index in [0.29, 0.717) is 10.4 Å². The van der Waals surface area contributed by atoms with Crippen molar-refractivity contribution in [2.45, 2.75) is 65.3 Å². The molecule has 8 heteroatoms. The summed E-state index contributed by atoms with van der Waals surface area (Å²) in [6.07, 6.45) is -1.54. The molecule has 2 aliphatic rings. The third-order valence-electron chi connectivity index (χ3n) is 5.06. The number of piperazine rings is 1. The van der Waals surface area contributed by atoms with Gasteiger partial charge in [-0.25, -0.2) is 4.79 Å². The molecule has 30 heavy (non-hydrogen) atoms. The molecular formula is C22H35BN2O5. The fraction of sp³-hybridized carbons (Fsp3) is 0.682. The highest BCUT2D eigenvalue weighted by molar-refractivity contribution is 6.62. The van der Waals surface area contributed by atoms with Crippen LogP contribution in [0, 0.1) is 0 Å². The largest absolute Gasteiger partial charge is 0.497 e. The van der Waals surface area contributed by atoms with Crippen molar-refractivity contribution < 1.29 is 34.5 Å². The Morgan fingerprint density at radius 2 is 1.63 bits per heavy atom. The van der Waals surface area contributed by atoms with Crippen LogP contribution < -0.4 is 15.1 Å². The van der Waals surface area contributed by atoms with Crippen LogP contribution in [0.1, 0.15) is 59.4 Å². The Morgan fingerprint density at radius 1 is 1.07 bits per heavy atom. The number of benzene rings is 1. The highest BCUT2D eigenvalue weighted by atomic mass is 16.7. The normalized spacial score (nSPS) is 31.7. The van der Waals surface area contributed by atoms with E-state index < -0.39 is 56.0 Å². The van der Waals surface area contributed by atoms with Crippen LogP contribution >= 0.6 is 0 Å². The van der Waals surface area contributed by atoms with Crippen molar-refractivity contribution in [2.24, 2.45) is 0 Å². The Morgan fingerprint density at radius 3 is 2.13 bits per heavy atom. The number of carbonyl (C=O) groups is 1. The third-order valence-corrected chi connectivity index (χ3v) is 5.06. The molecule has 0 aromatic heterocycles. The van der Waals surface area contributed by atoms with Gasteiger partial charge in [0.25, 0.3) is 0 Å². The lowest BCUT2D eigenvalue weighted by Gasteiger charge is -2.37. The van der Waals surface area contributed by atoms with Crippen LogP contribution in [0.15, 0.2) is 18.2 Å². The molecule has 0 radical (unpaired) electrons. The maximum Gasteiger partial charge on any atom is 0.495 e. The van der Waals surface area contributed by atoms with Crippen molar-refractivity contribution in [1.82, 2.24) is 4.90 Å². The summed E-state index contributed by atoms with van der Waals surface area (Å²) in [7, 11) is 0.386. The van der Waals surface area contributed by atoms with Gasteiger partial charge < -0.3 is 28.6 Å². The summed E-state index contributed by atoms with van der Waals surface area (Å²) in [5.41, 5.74) is -2.55. The molecule has 1 aromatic carbocycles. The summed E-state index contributed by atoms with van der Waals surface area (Å²) >= 11 is 0. The molecule has 1 amide bonds. The predicted octanol–water partition coefficient (Wildman–Crippen LogP) is 3.05. The Bertz CT molecular complexity index is 1070. The molecule has 3 rings (SSSR count). The molecule has 0 N–H and O–H groups in total. The molecule has 0 aliphatic carbocycles. The fourth-order valence-electron chi connectivity index (χ4n) is 2.75. The molecule has 0 bridgehead atoms. The number of hydrogen-bond donors (Lipinski definition) is 0. The van der Waals surface area contributed by atoms with Crippen LogP contribution in [0.2, 0.25) is 0 Å². The van der Waals surface area contributed by atoms with Crippen molar-refractivity contribution in [3.63, 3.8) is 0 Å². The number of rotatable bonds is 3. The van der Waals surface area contributed by atoms with E-state index >= 15 is 0 Å². The minimum absolute atomic E-state index is 0.142. The van der Waals surface area contributed by atoms with Crippen LogP contribution in [0.3, 0.4) is 0 Å².